The topological polar surface area (TPSA) is 85.2 Å². The fourth-order valence-corrected chi connectivity index (χ4v) is 6.12. The first-order chi connectivity index (χ1) is 20.2. The lowest BCUT2D eigenvalue weighted by Crippen LogP contribution is -2.49. The highest BCUT2D eigenvalue weighted by molar-refractivity contribution is 5.94. The van der Waals surface area contributed by atoms with E-state index in [4.69, 9.17) is 14.5 Å². The maximum absolute atomic E-state index is 12.2. The highest BCUT2D eigenvalue weighted by atomic mass is 16.5. The second kappa shape index (κ2) is 12.2. The summed E-state index contributed by atoms with van der Waals surface area (Å²) in [5, 5.41) is 12.8. The number of fused-ring (bicyclic) bond motifs is 2. The lowest BCUT2D eigenvalue weighted by Gasteiger charge is -2.39. The number of aromatic nitrogens is 1. The van der Waals surface area contributed by atoms with E-state index in [1.54, 1.807) is 0 Å². The van der Waals surface area contributed by atoms with Gasteiger partial charge in [-0.05, 0) is 23.9 Å². The predicted octanol–water partition coefficient (Wildman–Crippen LogP) is 3.21. The van der Waals surface area contributed by atoms with Gasteiger partial charge in [0.05, 0.1) is 13.2 Å². The Balaban J connectivity index is 1.33. The minimum Gasteiger partial charge on any atom is -0.475 e. The number of piperazine rings is 1. The van der Waals surface area contributed by atoms with Crippen LogP contribution in [0.5, 0.6) is 5.88 Å². The lowest BCUT2D eigenvalue weighted by atomic mass is 9.94. The van der Waals surface area contributed by atoms with Crippen LogP contribution in [0.2, 0.25) is 0 Å². The minimum absolute atomic E-state index is 0.0441. The Labute approximate surface area is 241 Å². The number of hydrogen-bond acceptors (Lipinski definition) is 8. The van der Waals surface area contributed by atoms with Crippen molar-refractivity contribution in [1.82, 2.24) is 14.8 Å². The number of anilines is 2. The second-order valence-electron chi connectivity index (χ2n) is 10.7. The molecule has 0 N–H and O–H groups in total. The molecule has 0 saturated carbocycles. The largest absolute Gasteiger partial charge is 0.475 e. The summed E-state index contributed by atoms with van der Waals surface area (Å²) < 4.78 is 11.7. The van der Waals surface area contributed by atoms with Gasteiger partial charge in [-0.1, -0.05) is 43.0 Å². The second-order valence-corrected chi connectivity index (χ2v) is 10.7. The molecular formula is C32H36N6O3. The first-order valence-corrected chi connectivity index (χ1v) is 14.4. The molecule has 3 aromatic rings. The van der Waals surface area contributed by atoms with Gasteiger partial charge in [0.25, 0.3) is 0 Å². The van der Waals surface area contributed by atoms with E-state index in [2.05, 4.69) is 69.8 Å². The number of carbonyl (C=O) groups excluding carboxylic acids is 1. The third-order valence-corrected chi connectivity index (χ3v) is 8.37. The van der Waals surface area contributed by atoms with Crippen LogP contribution in [0.3, 0.4) is 0 Å². The summed E-state index contributed by atoms with van der Waals surface area (Å²) in [5.74, 6) is 1.24. The van der Waals surface area contributed by atoms with Gasteiger partial charge in [0.2, 0.25) is 11.8 Å². The number of carbonyl (C=O) groups is 1. The molecule has 2 fully saturated rings. The minimum atomic E-state index is -0.0441. The van der Waals surface area contributed by atoms with Crippen LogP contribution >= 0.6 is 0 Å². The van der Waals surface area contributed by atoms with Crippen LogP contribution in [-0.2, 0) is 22.5 Å². The van der Waals surface area contributed by atoms with Gasteiger partial charge in [0.15, 0.2) is 0 Å². The Morgan fingerprint density at radius 3 is 2.56 bits per heavy atom. The molecule has 3 aliphatic rings. The van der Waals surface area contributed by atoms with E-state index in [9.17, 15) is 10.1 Å². The maximum Gasteiger partial charge on any atom is 0.246 e. The van der Waals surface area contributed by atoms with Crippen molar-refractivity contribution in [2.45, 2.75) is 13.0 Å². The highest BCUT2D eigenvalue weighted by Gasteiger charge is 2.31. The number of hydrogen-bond donors (Lipinski definition) is 0. The Bertz CT molecular complexity index is 1470. The Morgan fingerprint density at radius 1 is 1.00 bits per heavy atom. The summed E-state index contributed by atoms with van der Waals surface area (Å²) in [6.45, 7) is 12.1. The average molecular weight is 553 g/mol. The monoisotopic (exact) mass is 552 g/mol. The van der Waals surface area contributed by atoms with Gasteiger partial charge in [-0.15, -0.1) is 0 Å². The van der Waals surface area contributed by atoms with Crippen molar-refractivity contribution in [1.29, 1.82) is 5.26 Å². The summed E-state index contributed by atoms with van der Waals surface area (Å²) in [6.07, 6.45) is 2.15. The van der Waals surface area contributed by atoms with Gasteiger partial charge in [-0.25, -0.2) is 0 Å². The molecule has 4 heterocycles. The normalized spacial score (nSPS) is 17.7. The number of nitrogens with zero attached hydrogens (tertiary/aromatic N) is 6. The molecule has 0 spiro atoms. The fourth-order valence-electron chi connectivity index (χ4n) is 6.12. The summed E-state index contributed by atoms with van der Waals surface area (Å²) in [6, 6.07) is 17.3. The van der Waals surface area contributed by atoms with Crippen LogP contribution in [0.1, 0.15) is 16.7 Å². The van der Waals surface area contributed by atoms with Gasteiger partial charge in [0.1, 0.15) is 24.1 Å². The number of morpholine rings is 1. The van der Waals surface area contributed by atoms with E-state index < -0.39 is 0 Å². The van der Waals surface area contributed by atoms with Crippen LogP contribution in [-0.4, -0.2) is 92.9 Å². The summed E-state index contributed by atoms with van der Waals surface area (Å²) in [5.41, 5.74) is 3.79. The van der Waals surface area contributed by atoms with E-state index in [-0.39, 0.29) is 5.91 Å². The third-order valence-electron chi connectivity index (χ3n) is 8.37. The van der Waals surface area contributed by atoms with Crippen molar-refractivity contribution < 1.29 is 14.3 Å². The predicted molar refractivity (Wildman–Crippen MR) is 159 cm³/mol. The molecule has 212 valence electrons. The van der Waals surface area contributed by atoms with Crippen LogP contribution in [0.25, 0.3) is 10.8 Å². The molecule has 1 amide bonds. The average Bonchev–Trinajstić information content (AvgIpc) is 3.04. The van der Waals surface area contributed by atoms with Gasteiger partial charge in [-0.3, -0.25) is 9.69 Å². The quantitative estimate of drug-likeness (QED) is 0.413. The van der Waals surface area contributed by atoms with Crippen LogP contribution in [0.15, 0.2) is 55.1 Å². The molecule has 9 nitrogen and oxygen atoms in total. The van der Waals surface area contributed by atoms with Gasteiger partial charge in [0, 0.05) is 81.1 Å². The number of rotatable bonds is 7. The number of pyridine rings is 1. The highest BCUT2D eigenvalue weighted by Crippen LogP contribution is 2.38. The third kappa shape index (κ3) is 5.58. The zero-order valence-electron chi connectivity index (χ0n) is 23.4. The van der Waals surface area contributed by atoms with Crippen molar-refractivity contribution in [3.05, 3.63) is 71.8 Å². The standard InChI is InChI=1S/C32H36N6O3/c1-2-30(39)36-12-14-37(15-13-36)31-26-10-11-38(29-9-5-7-24-6-3-4-8-25(24)29)23-28(26)27(22-33)32(34-31)41-21-18-35-16-19-40-20-17-35/h2-9H,1,10-21,23H2. The SMILES string of the molecule is C=CC(=O)N1CCN(c2nc(OCCN3CCOCC3)c(C#N)c3c2CCN(c2cccc4ccccc24)C3)CC1. The molecule has 1 aromatic heterocycles. The Morgan fingerprint density at radius 2 is 1.78 bits per heavy atom. The van der Waals surface area contributed by atoms with Gasteiger partial charge in [-0.2, -0.15) is 10.2 Å². The lowest BCUT2D eigenvalue weighted by molar-refractivity contribution is -0.126. The summed E-state index contributed by atoms with van der Waals surface area (Å²) >= 11 is 0. The van der Waals surface area contributed by atoms with Crippen molar-refractivity contribution in [2.75, 3.05) is 82.0 Å². The van der Waals surface area contributed by atoms with Gasteiger partial charge >= 0.3 is 0 Å². The molecule has 0 unspecified atom stereocenters. The van der Waals surface area contributed by atoms with Crippen LogP contribution < -0.4 is 14.5 Å². The zero-order chi connectivity index (χ0) is 28.2. The van der Waals surface area contributed by atoms with Crippen molar-refractivity contribution in [3.63, 3.8) is 0 Å². The number of ether oxygens (including phenoxy) is 2. The summed E-state index contributed by atoms with van der Waals surface area (Å²) in [7, 11) is 0. The zero-order valence-corrected chi connectivity index (χ0v) is 23.4. The van der Waals surface area contributed by atoms with Crippen LogP contribution in [0.4, 0.5) is 11.5 Å². The van der Waals surface area contributed by atoms with Gasteiger partial charge < -0.3 is 24.2 Å². The fraction of sp³-hybridized carbons (Fsp3) is 0.406. The molecule has 3 aliphatic heterocycles. The molecule has 2 saturated heterocycles. The molecule has 0 atom stereocenters. The maximum atomic E-state index is 12.2. The van der Waals surface area contributed by atoms with Crippen molar-refractivity contribution in [3.8, 4) is 11.9 Å². The summed E-state index contributed by atoms with van der Waals surface area (Å²) in [4.78, 5) is 25.9. The van der Waals surface area contributed by atoms with E-state index in [0.717, 1.165) is 62.8 Å². The Kier molecular flexibility index (Phi) is 8.03. The Hall–Kier alpha value is -4.13. The van der Waals surface area contributed by atoms with E-state index >= 15 is 0 Å². The molecule has 0 aliphatic carbocycles. The number of amides is 1. The van der Waals surface area contributed by atoms with E-state index in [1.165, 1.54) is 22.5 Å². The molecular weight excluding hydrogens is 516 g/mol. The van der Waals surface area contributed by atoms with E-state index in [1.807, 2.05) is 4.90 Å². The van der Waals surface area contributed by atoms with Crippen LogP contribution in [0, 0.1) is 11.3 Å². The molecule has 6 rings (SSSR count). The molecule has 0 radical (unpaired) electrons. The first kappa shape index (κ1) is 27.1. The van der Waals surface area contributed by atoms with E-state index in [0.29, 0.717) is 50.8 Å². The molecule has 41 heavy (non-hydrogen) atoms. The molecule has 0 bridgehead atoms. The number of benzene rings is 2. The first-order valence-electron chi connectivity index (χ1n) is 14.4. The smallest absolute Gasteiger partial charge is 0.246 e. The molecule has 9 heteroatoms. The van der Waals surface area contributed by atoms with Crippen molar-refractivity contribution in [2.24, 2.45) is 0 Å². The van der Waals surface area contributed by atoms with Crippen molar-refractivity contribution >= 4 is 28.2 Å². The number of nitriles is 1. The molecule has 2 aromatic carbocycles.